The molecule has 0 spiro atoms. The average molecular weight is 291 g/mol. The molecule has 2 aromatic carbocycles. The van der Waals surface area contributed by atoms with Crippen molar-refractivity contribution in [3.05, 3.63) is 64.7 Å². The molecule has 0 bridgehead atoms. The molecule has 0 aromatic heterocycles. The van der Waals surface area contributed by atoms with E-state index in [1.54, 1.807) is 7.11 Å². The molecule has 3 nitrogen and oxygen atoms in total. The van der Waals surface area contributed by atoms with E-state index in [9.17, 15) is 0 Å². The lowest BCUT2D eigenvalue weighted by Crippen LogP contribution is -2.28. The first kappa shape index (κ1) is 14.9. The smallest absolute Gasteiger partial charge is 0.123 e. The predicted octanol–water partition coefficient (Wildman–Crippen LogP) is 2.99. The molecule has 0 heterocycles. The number of rotatable bonds is 6. The predicted molar refractivity (Wildman–Crippen MR) is 83.3 cm³/mol. The second kappa shape index (κ2) is 7.29. The number of halogens is 1. The van der Waals surface area contributed by atoms with Gasteiger partial charge in [0.2, 0.25) is 0 Å². The fraction of sp³-hybridized carbons (Fsp3) is 0.250. The molecule has 1 atom stereocenters. The molecule has 2 rings (SSSR count). The van der Waals surface area contributed by atoms with Crippen LogP contribution in [-0.2, 0) is 0 Å². The van der Waals surface area contributed by atoms with Crippen molar-refractivity contribution in [3.8, 4) is 5.75 Å². The van der Waals surface area contributed by atoms with Gasteiger partial charge in [-0.15, -0.1) is 0 Å². The number of nitrogens with one attached hydrogen (secondary N) is 1. The first-order valence-corrected chi connectivity index (χ1v) is 6.96. The number of methoxy groups -OCH3 is 1. The summed E-state index contributed by atoms with van der Waals surface area (Å²) in [5.41, 5.74) is 7.83. The van der Waals surface area contributed by atoms with Crippen LogP contribution in [0.4, 0.5) is 0 Å². The number of ether oxygens (including phenoxy) is 1. The van der Waals surface area contributed by atoms with Crippen LogP contribution in [0.2, 0.25) is 5.02 Å². The van der Waals surface area contributed by atoms with Gasteiger partial charge in [-0.05, 0) is 23.8 Å². The maximum atomic E-state index is 5.96. The molecule has 2 aromatic rings. The Kier molecular flexibility index (Phi) is 5.41. The molecule has 0 aliphatic heterocycles. The Morgan fingerprint density at radius 1 is 1.15 bits per heavy atom. The molecule has 106 valence electrons. The van der Waals surface area contributed by atoms with Crippen LogP contribution in [0.25, 0.3) is 0 Å². The molecular formula is C16H19ClN2O. The van der Waals surface area contributed by atoms with Gasteiger partial charge >= 0.3 is 0 Å². The zero-order chi connectivity index (χ0) is 14.4. The summed E-state index contributed by atoms with van der Waals surface area (Å²) in [7, 11) is 1.68. The van der Waals surface area contributed by atoms with E-state index in [0.717, 1.165) is 28.4 Å². The summed E-state index contributed by atoms with van der Waals surface area (Å²) in [5.74, 6) is 0.858. The number of hydrogen-bond donors (Lipinski definition) is 2. The fourth-order valence-electron chi connectivity index (χ4n) is 2.20. The summed E-state index contributed by atoms with van der Waals surface area (Å²) in [4.78, 5) is 0. The zero-order valence-electron chi connectivity index (χ0n) is 11.5. The molecule has 0 aliphatic carbocycles. The van der Waals surface area contributed by atoms with Crippen LogP contribution >= 0.6 is 11.6 Å². The zero-order valence-corrected chi connectivity index (χ0v) is 12.2. The summed E-state index contributed by atoms with van der Waals surface area (Å²) < 4.78 is 5.45. The molecule has 0 saturated heterocycles. The number of benzene rings is 2. The van der Waals surface area contributed by atoms with Crippen molar-refractivity contribution in [2.75, 3.05) is 20.2 Å². The van der Waals surface area contributed by atoms with E-state index in [2.05, 4.69) is 11.4 Å². The van der Waals surface area contributed by atoms with Gasteiger partial charge in [-0.1, -0.05) is 41.9 Å². The molecule has 0 amide bonds. The monoisotopic (exact) mass is 290 g/mol. The Balaban J connectivity index is 2.38. The van der Waals surface area contributed by atoms with E-state index < -0.39 is 0 Å². The molecule has 3 N–H and O–H groups in total. The van der Waals surface area contributed by atoms with Gasteiger partial charge in [0.15, 0.2) is 0 Å². The molecule has 1 unspecified atom stereocenters. The van der Waals surface area contributed by atoms with E-state index in [1.807, 2.05) is 42.5 Å². The van der Waals surface area contributed by atoms with E-state index in [-0.39, 0.29) is 6.04 Å². The van der Waals surface area contributed by atoms with E-state index in [4.69, 9.17) is 22.1 Å². The van der Waals surface area contributed by atoms with Crippen LogP contribution in [-0.4, -0.2) is 20.2 Å². The second-order valence-electron chi connectivity index (χ2n) is 4.47. The minimum atomic E-state index is 0.0342. The Bertz CT molecular complexity index is 542. The summed E-state index contributed by atoms with van der Waals surface area (Å²) in [6.07, 6.45) is 0. The van der Waals surface area contributed by atoms with Crippen LogP contribution in [0.3, 0.4) is 0 Å². The van der Waals surface area contributed by atoms with Crippen molar-refractivity contribution in [2.24, 2.45) is 5.73 Å². The fourth-order valence-corrected chi connectivity index (χ4v) is 2.32. The normalized spacial score (nSPS) is 12.2. The van der Waals surface area contributed by atoms with Gasteiger partial charge in [-0.3, -0.25) is 0 Å². The lowest BCUT2D eigenvalue weighted by atomic mass is 9.98. The maximum Gasteiger partial charge on any atom is 0.123 e. The topological polar surface area (TPSA) is 47.3 Å². The highest BCUT2D eigenvalue weighted by molar-refractivity contribution is 6.30. The third-order valence-electron chi connectivity index (χ3n) is 3.15. The minimum Gasteiger partial charge on any atom is -0.496 e. The van der Waals surface area contributed by atoms with Gasteiger partial charge in [0.25, 0.3) is 0 Å². The molecule has 4 heteroatoms. The molecule has 0 radical (unpaired) electrons. The van der Waals surface area contributed by atoms with Crippen molar-refractivity contribution in [1.82, 2.24) is 5.32 Å². The highest BCUT2D eigenvalue weighted by atomic mass is 35.5. The standard InChI is InChI=1S/C16H19ClN2O/c1-20-15-5-3-2-4-14(15)16(19-11-10-18)12-6-8-13(17)9-7-12/h2-9,16,19H,10-11,18H2,1H3. The van der Waals surface area contributed by atoms with Crippen LogP contribution in [0.15, 0.2) is 48.5 Å². The molecule has 0 fully saturated rings. The van der Waals surface area contributed by atoms with Crippen molar-refractivity contribution in [2.45, 2.75) is 6.04 Å². The van der Waals surface area contributed by atoms with Crippen molar-refractivity contribution in [3.63, 3.8) is 0 Å². The van der Waals surface area contributed by atoms with Gasteiger partial charge in [0, 0.05) is 23.7 Å². The van der Waals surface area contributed by atoms with Gasteiger partial charge in [-0.2, -0.15) is 0 Å². The van der Waals surface area contributed by atoms with Gasteiger partial charge < -0.3 is 15.8 Å². The summed E-state index contributed by atoms with van der Waals surface area (Å²) >= 11 is 5.96. The third-order valence-corrected chi connectivity index (χ3v) is 3.40. The number of hydrogen-bond acceptors (Lipinski definition) is 3. The minimum absolute atomic E-state index is 0.0342. The van der Waals surface area contributed by atoms with Crippen LogP contribution in [0, 0.1) is 0 Å². The lowest BCUT2D eigenvalue weighted by molar-refractivity contribution is 0.404. The molecule has 20 heavy (non-hydrogen) atoms. The largest absolute Gasteiger partial charge is 0.496 e. The Hall–Kier alpha value is -1.55. The quantitative estimate of drug-likeness (QED) is 0.860. The maximum absolute atomic E-state index is 5.96. The van der Waals surface area contributed by atoms with Gasteiger partial charge in [0.1, 0.15) is 5.75 Å². The van der Waals surface area contributed by atoms with Crippen molar-refractivity contribution >= 4 is 11.6 Å². The summed E-state index contributed by atoms with van der Waals surface area (Å²) in [6.45, 7) is 1.31. The van der Waals surface area contributed by atoms with Gasteiger partial charge in [0.05, 0.1) is 13.2 Å². The molecule has 0 saturated carbocycles. The SMILES string of the molecule is COc1ccccc1C(NCCN)c1ccc(Cl)cc1. The first-order chi connectivity index (χ1) is 9.76. The average Bonchev–Trinajstić information content (AvgIpc) is 2.50. The Morgan fingerprint density at radius 2 is 1.85 bits per heavy atom. The number of para-hydroxylation sites is 1. The molecular weight excluding hydrogens is 272 g/mol. The van der Waals surface area contributed by atoms with E-state index in [1.165, 1.54) is 0 Å². The highest BCUT2D eigenvalue weighted by Gasteiger charge is 2.17. The summed E-state index contributed by atoms with van der Waals surface area (Å²) in [6, 6.07) is 15.8. The van der Waals surface area contributed by atoms with Crippen LogP contribution in [0.5, 0.6) is 5.75 Å². The Morgan fingerprint density at radius 3 is 2.50 bits per heavy atom. The van der Waals surface area contributed by atoms with E-state index >= 15 is 0 Å². The Labute approximate surface area is 124 Å². The number of nitrogens with two attached hydrogens (primary N) is 1. The van der Waals surface area contributed by atoms with Crippen molar-refractivity contribution in [1.29, 1.82) is 0 Å². The van der Waals surface area contributed by atoms with Crippen molar-refractivity contribution < 1.29 is 4.74 Å². The van der Waals surface area contributed by atoms with E-state index in [0.29, 0.717) is 6.54 Å². The van der Waals surface area contributed by atoms with Crippen LogP contribution in [0.1, 0.15) is 17.2 Å². The lowest BCUT2D eigenvalue weighted by Gasteiger charge is -2.21. The van der Waals surface area contributed by atoms with Crippen LogP contribution < -0.4 is 15.8 Å². The third kappa shape index (κ3) is 3.51. The highest BCUT2D eigenvalue weighted by Crippen LogP contribution is 2.30. The second-order valence-corrected chi connectivity index (χ2v) is 4.91. The summed E-state index contributed by atoms with van der Waals surface area (Å²) in [5, 5.41) is 4.18. The first-order valence-electron chi connectivity index (χ1n) is 6.58. The van der Waals surface area contributed by atoms with Gasteiger partial charge in [-0.25, -0.2) is 0 Å². The molecule has 0 aliphatic rings.